The van der Waals surface area contributed by atoms with Crippen molar-refractivity contribution in [2.45, 2.75) is 57.7 Å². The minimum Gasteiger partial charge on any atom is -0.376 e. The molecule has 1 fully saturated rings. The van der Waals surface area contributed by atoms with Gasteiger partial charge in [0.25, 0.3) is 0 Å². The molecule has 1 unspecified atom stereocenters. The van der Waals surface area contributed by atoms with E-state index in [1.807, 2.05) is 13.4 Å². The first-order valence-electron chi connectivity index (χ1n) is 7.06. The summed E-state index contributed by atoms with van der Waals surface area (Å²) in [5, 5.41) is 3.57. The number of aromatic nitrogens is 2. The van der Waals surface area contributed by atoms with Crippen LogP contribution in [0.25, 0.3) is 0 Å². The molecule has 0 aromatic carbocycles. The number of hydrogen-bond acceptors (Lipinski definition) is 3. The Morgan fingerprint density at radius 2 is 2.17 bits per heavy atom. The normalized spacial score (nSPS) is 20.2. The van der Waals surface area contributed by atoms with Gasteiger partial charge in [0.15, 0.2) is 0 Å². The van der Waals surface area contributed by atoms with Gasteiger partial charge in [0.1, 0.15) is 0 Å². The maximum absolute atomic E-state index is 5.90. The number of likely N-dealkylation sites (N-methyl/N-ethyl adjacent to an activating group) is 1. The Morgan fingerprint density at radius 1 is 1.44 bits per heavy atom. The largest absolute Gasteiger partial charge is 0.376 e. The zero-order valence-electron chi connectivity index (χ0n) is 11.8. The van der Waals surface area contributed by atoms with Crippen molar-refractivity contribution in [3.8, 4) is 0 Å². The molecule has 0 aliphatic heterocycles. The second-order valence-electron chi connectivity index (χ2n) is 5.10. The Balaban J connectivity index is 2.26. The van der Waals surface area contributed by atoms with Crippen LogP contribution in [-0.4, -0.2) is 28.8 Å². The zero-order chi connectivity index (χ0) is 13.0. The molecule has 1 atom stereocenters. The highest BCUT2D eigenvalue weighted by Gasteiger charge is 2.43. The van der Waals surface area contributed by atoms with E-state index in [4.69, 9.17) is 4.74 Å². The van der Waals surface area contributed by atoms with Crippen LogP contribution >= 0.6 is 0 Å². The molecule has 0 radical (unpaired) electrons. The van der Waals surface area contributed by atoms with E-state index in [0.717, 1.165) is 31.6 Å². The molecule has 1 aromatic heterocycles. The number of nitrogens with zero attached hydrogens (tertiary/aromatic N) is 2. The van der Waals surface area contributed by atoms with Gasteiger partial charge >= 0.3 is 0 Å². The molecule has 1 saturated carbocycles. The number of hydrogen-bond donors (Lipinski definition) is 1. The Hall–Kier alpha value is -0.870. The van der Waals surface area contributed by atoms with Crippen molar-refractivity contribution >= 4 is 0 Å². The maximum Gasteiger partial charge on any atom is 0.0950 e. The molecule has 1 heterocycles. The number of rotatable bonds is 6. The molecule has 4 heteroatoms. The van der Waals surface area contributed by atoms with Crippen LogP contribution in [0.15, 0.2) is 12.5 Å². The fourth-order valence-corrected chi connectivity index (χ4v) is 3.05. The number of imidazole rings is 1. The van der Waals surface area contributed by atoms with Gasteiger partial charge in [-0.1, -0.05) is 19.8 Å². The van der Waals surface area contributed by atoms with Crippen LogP contribution in [0, 0.1) is 0 Å². The summed E-state index contributed by atoms with van der Waals surface area (Å²) in [6.45, 7) is 6.18. The second-order valence-corrected chi connectivity index (χ2v) is 5.10. The molecule has 4 nitrogen and oxygen atoms in total. The average Bonchev–Trinajstić information content (AvgIpc) is 3.05. The van der Waals surface area contributed by atoms with Crippen LogP contribution in [-0.2, 0) is 11.3 Å². The zero-order valence-corrected chi connectivity index (χ0v) is 11.8. The molecule has 1 aliphatic rings. The van der Waals surface area contributed by atoms with Crippen molar-refractivity contribution in [1.29, 1.82) is 0 Å². The van der Waals surface area contributed by atoms with Crippen molar-refractivity contribution in [1.82, 2.24) is 14.9 Å². The Bertz CT molecular complexity index is 369. The first-order chi connectivity index (χ1) is 8.75. The van der Waals surface area contributed by atoms with Crippen LogP contribution in [0.2, 0.25) is 0 Å². The topological polar surface area (TPSA) is 39.1 Å². The summed E-state index contributed by atoms with van der Waals surface area (Å²) in [5.74, 6) is 0. The molecule has 0 spiro atoms. The molecule has 102 valence electrons. The van der Waals surface area contributed by atoms with Crippen molar-refractivity contribution < 1.29 is 4.74 Å². The molecule has 1 aromatic rings. The van der Waals surface area contributed by atoms with Crippen LogP contribution in [0.1, 0.15) is 51.3 Å². The minimum atomic E-state index is -0.0665. The molecule has 0 saturated heterocycles. The third-order valence-electron chi connectivity index (χ3n) is 4.10. The molecule has 18 heavy (non-hydrogen) atoms. The predicted octanol–water partition coefficient (Wildman–Crippen LogP) is 2.51. The predicted molar refractivity (Wildman–Crippen MR) is 72.5 cm³/mol. The summed E-state index contributed by atoms with van der Waals surface area (Å²) in [7, 11) is 1.84. The van der Waals surface area contributed by atoms with Crippen molar-refractivity contribution in [2.24, 2.45) is 0 Å². The standard InChI is InChI=1S/C14H25N3O/c1-4-15-13(12-10-17(5-2)11-16-12)14(18-3)8-6-7-9-14/h10-11,13,15H,4-9H2,1-3H3. The lowest BCUT2D eigenvalue weighted by Gasteiger charge is -2.36. The minimum absolute atomic E-state index is 0.0665. The molecule has 0 amide bonds. The fraction of sp³-hybridized carbons (Fsp3) is 0.786. The van der Waals surface area contributed by atoms with E-state index in [1.165, 1.54) is 12.8 Å². The Labute approximate surface area is 110 Å². The summed E-state index contributed by atoms with van der Waals surface area (Å²) >= 11 is 0. The summed E-state index contributed by atoms with van der Waals surface area (Å²) in [6, 6.07) is 0.211. The first-order valence-corrected chi connectivity index (χ1v) is 7.06. The van der Waals surface area contributed by atoms with Crippen LogP contribution in [0.4, 0.5) is 0 Å². The number of methoxy groups -OCH3 is 1. The SMILES string of the molecule is CCNC(c1cn(CC)cn1)C1(OC)CCCC1. The second kappa shape index (κ2) is 5.85. The lowest BCUT2D eigenvalue weighted by molar-refractivity contribution is -0.0374. The average molecular weight is 251 g/mol. The monoisotopic (exact) mass is 251 g/mol. The van der Waals surface area contributed by atoms with E-state index in [9.17, 15) is 0 Å². The van der Waals surface area contributed by atoms with E-state index in [-0.39, 0.29) is 11.6 Å². The molecule has 2 rings (SSSR count). The summed E-state index contributed by atoms with van der Waals surface area (Å²) in [4.78, 5) is 4.56. The maximum atomic E-state index is 5.90. The van der Waals surface area contributed by atoms with Gasteiger partial charge in [0, 0.05) is 19.9 Å². The van der Waals surface area contributed by atoms with E-state index in [0.29, 0.717) is 0 Å². The number of ether oxygens (including phenoxy) is 1. The first kappa shape index (κ1) is 13.6. The van der Waals surface area contributed by atoms with Gasteiger partial charge in [-0.3, -0.25) is 0 Å². The highest BCUT2D eigenvalue weighted by Crippen LogP contribution is 2.42. The van der Waals surface area contributed by atoms with Crippen molar-refractivity contribution in [3.63, 3.8) is 0 Å². The van der Waals surface area contributed by atoms with Gasteiger partial charge in [-0.15, -0.1) is 0 Å². The number of aryl methyl sites for hydroxylation is 1. The van der Waals surface area contributed by atoms with E-state index in [2.05, 4.69) is 34.9 Å². The van der Waals surface area contributed by atoms with Gasteiger partial charge in [0.05, 0.1) is 23.7 Å². The van der Waals surface area contributed by atoms with Crippen LogP contribution in [0.3, 0.4) is 0 Å². The third kappa shape index (κ3) is 2.45. The fourth-order valence-electron chi connectivity index (χ4n) is 3.05. The van der Waals surface area contributed by atoms with Gasteiger partial charge in [-0.25, -0.2) is 4.98 Å². The summed E-state index contributed by atoms with van der Waals surface area (Å²) in [6.07, 6.45) is 8.82. The van der Waals surface area contributed by atoms with E-state index >= 15 is 0 Å². The van der Waals surface area contributed by atoms with Crippen molar-refractivity contribution in [3.05, 3.63) is 18.2 Å². The Kier molecular flexibility index (Phi) is 4.40. The van der Waals surface area contributed by atoms with Gasteiger partial charge in [0.2, 0.25) is 0 Å². The molecule has 1 N–H and O–H groups in total. The van der Waals surface area contributed by atoms with Crippen LogP contribution < -0.4 is 5.32 Å². The quantitative estimate of drug-likeness (QED) is 0.844. The summed E-state index contributed by atoms with van der Waals surface area (Å²) < 4.78 is 8.02. The van der Waals surface area contributed by atoms with Gasteiger partial charge in [-0.2, -0.15) is 0 Å². The molecular weight excluding hydrogens is 226 g/mol. The smallest absolute Gasteiger partial charge is 0.0950 e. The lowest BCUT2D eigenvalue weighted by Crippen LogP contribution is -2.43. The highest BCUT2D eigenvalue weighted by atomic mass is 16.5. The highest BCUT2D eigenvalue weighted by molar-refractivity contribution is 5.13. The van der Waals surface area contributed by atoms with E-state index < -0.39 is 0 Å². The Morgan fingerprint density at radius 3 is 2.67 bits per heavy atom. The lowest BCUT2D eigenvalue weighted by atomic mass is 9.89. The van der Waals surface area contributed by atoms with Gasteiger partial charge in [-0.05, 0) is 26.3 Å². The molecule has 1 aliphatic carbocycles. The molecule has 0 bridgehead atoms. The molecular formula is C14H25N3O. The third-order valence-corrected chi connectivity index (χ3v) is 4.10. The van der Waals surface area contributed by atoms with Gasteiger partial charge < -0.3 is 14.6 Å². The van der Waals surface area contributed by atoms with Crippen LogP contribution in [0.5, 0.6) is 0 Å². The number of nitrogens with one attached hydrogen (secondary N) is 1. The summed E-state index contributed by atoms with van der Waals surface area (Å²) in [5.41, 5.74) is 1.05. The van der Waals surface area contributed by atoms with E-state index in [1.54, 1.807) is 0 Å². The van der Waals surface area contributed by atoms with Crippen molar-refractivity contribution in [2.75, 3.05) is 13.7 Å².